The lowest BCUT2D eigenvalue weighted by Gasteiger charge is -2.12. The molecule has 17 heavy (non-hydrogen) atoms. The van der Waals surface area contributed by atoms with Gasteiger partial charge in [0.2, 0.25) is 0 Å². The van der Waals surface area contributed by atoms with Crippen LogP contribution in [0.5, 0.6) is 0 Å². The minimum absolute atomic E-state index is 0.113. The SMILES string of the molecule is Cc1cc(CN[C@H](C)CO)c2ccccc2n1. The highest BCUT2D eigenvalue weighted by atomic mass is 16.3. The molecule has 1 heterocycles. The van der Waals surface area contributed by atoms with Crippen LogP contribution < -0.4 is 5.32 Å². The quantitative estimate of drug-likeness (QED) is 0.844. The smallest absolute Gasteiger partial charge is 0.0708 e. The van der Waals surface area contributed by atoms with E-state index in [-0.39, 0.29) is 12.6 Å². The maximum absolute atomic E-state index is 9.01. The molecule has 3 nitrogen and oxygen atoms in total. The van der Waals surface area contributed by atoms with Crippen molar-refractivity contribution in [1.82, 2.24) is 10.3 Å². The number of nitrogens with one attached hydrogen (secondary N) is 1. The Morgan fingerprint density at radius 3 is 2.88 bits per heavy atom. The fourth-order valence-corrected chi connectivity index (χ4v) is 1.89. The van der Waals surface area contributed by atoms with Crippen LogP contribution in [0.25, 0.3) is 10.9 Å². The summed E-state index contributed by atoms with van der Waals surface area (Å²) in [6.45, 7) is 4.88. The number of para-hydroxylation sites is 1. The van der Waals surface area contributed by atoms with Gasteiger partial charge in [-0.15, -0.1) is 0 Å². The van der Waals surface area contributed by atoms with Gasteiger partial charge < -0.3 is 10.4 Å². The van der Waals surface area contributed by atoms with Crippen LogP contribution in [0.4, 0.5) is 0 Å². The van der Waals surface area contributed by atoms with Crippen molar-refractivity contribution < 1.29 is 5.11 Å². The molecule has 0 saturated heterocycles. The number of pyridine rings is 1. The molecule has 1 aromatic carbocycles. The number of rotatable bonds is 4. The average Bonchev–Trinajstić information content (AvgIpc) is 2.35. The summed E-state index contributed by atoms with van der Waals surface area (Å²) in [5.41, 5.74) is 3.28. The van der Waals surface area contributed by atoms with Gasteiger partial charge in [0.1, 0.15) is 0 Å². The van der Waals surface area contributed by atoms with Crippen molar-refractivity contribution in [2.45, 2.75) is 26.4 Å². The van der Waals surface area contributed by atoms with E-state index in [0.29, 0.717) is 0 Å². The van der Waals surface area contributed by atoms with Crippen LogP contribution in [0.3, 0.4) is 0 Å². The van der Waals surface area contributed by atoms with Gasteiger partial charge in [-0.2, -0.15) is 0 Å². The molecule has 0 radical (unpaired) electrons. The summed E-state index contributed by atoms with van der Waals surface area (Å²) in [6, 6.07) is 10.4. The first-order valence-corrected chi connectivity index (χ1v) is 5.90. The highest BCUT2D eigenvalue weighted by molar-refractivity contribution is 5.82. The third kappa shape index (κ3) is 2.81. The summed E-state index contributed by atoms with van der Waals surface area (Å²) in [5, 5.41) is 13.5. The summed E-state index contributed by atoms with van der Waals surface area (Å²) < 4.78 is 0. The molecule has 2 rings (SSSR count). The van der Waals surface area contributed by atoms with Crippen LogP contribution in [0.15, 0.2) is 30.3 Å². The van der Waals surface area contributed by atoms with Gasteiger partial charge in [-0.05, 0) is 31.5 Å². The molecule has 0 aliphatic carbocycles. The molecule has 3 heteroatoms. The fourth-order valence-electron chi connectivity index (χ4n) is 1.89. The maximum atomic E-state index is 9.01. The van der Waals surface area contributed by atoms with Gasteiger partial charge in [-0.1, -0.05) is 18.2 Å². The minimum Gasteiger partial charge on any atom is -0.395 e. The van der Waals surface area contributed by atoms with E-state index in [9.17, 15) is 0 Å². The number of hydrogen-bond acceptors (Lipinski definition) is 3. The normalized spacial score (nSPS) is 12.9. The first-order chi connectivity index (χ1) is 8.20. The second kappa shape index (κ2) is 5.25. The Kier molecular flexibility index (Phi) is 3.71. The molecule has 0 unspecified atom stereocenters. The van der Waals surface area contributed by atoms with E-state index in [0.717, 1.165) is 17.8 Å². The summed E-state index contributed by atoms with van der Waals surface area (Å²) in [4.78, 5) is 4.51. The van der Waals surface area contributed by atoms with Crippen LogP contribution in [0, 0.1) is 6.92 Å². The minimum atomic E-state index is 0.113. The Morgan fingerprint density at radius 2 is 2.12 bits per heavy atom. The van der Waals surface area contributed by atoms with Crippen LogP contribution in [-0.4, -0.2) is 22.7 Å². The zero-order valence-electron chi connectivity index (χ0n) is 10.3. The second-order valence-corrected chi connectivity index (χ2v) is 4.40. The van der Waals surface area contributed by atoms with E-state index < -0.39 is 0 Å². The molecule has 1 atom stereocenters. The van der Waals surface area contributed by atoms with E-state index in [1.807, 2.05) is 32.0 Å². The Morgan fingerprint density at radius 1 is 1.35 bits per heavy atom. The van der Waals surface area contributed by atoms with E-state index >= 15 is 0 Å². The van der Waals surface area contributed by atoms with Crippen molar-refractivity contribution in [3.8, 4) is 0 Å². The number of aliphatic hydroxyl groups excluding tert-OH is 1. The molecule has 90 valence electrons. The molecular weight excluding hydrogens is 212 g/mol. The third-order valence-electron chi connectivity index (χ3n) is 2.84. The Labute approximate surface area is 102 Å². The standard InChI is InChI=1S/C14H18N2O/c1-10-7-12(8-15-11(2)9-17)13-5-3-4-6-14(13)16-10/h3-7,11,15,17H,8-9H2,1-2H3/t11-/m1/s1. The Balaban J connectivity index is 2.32. The van der Waals surface area contributed by atoms with Crippen molar-refractivity contribution in [2.24, 2.45) is 0 Å². The van der Waals surface area contributed by atoms with Crippen LogP contribution in [-0.2, 0) is 6.54 Å². The van der Waals surface area contributed by atoms with Crippen molar-refractivity contribution in [3.63, 3.8) is 0 Å². The number of aliphatic hydroxyl groups is 1. The molecule has 2 N–H and O–H groups in total. The van der Waals surface area contributed by atoms with Gasteiger partial charge in [0.05, 0.1) is 12.1 Å². The lowest BCUT2D eigenvalue weighted by molar-refractivity contribution is 0.251. The molecule has 0 bridgehead atoms. The molecule has 1 aromatic heterocycles. The van der Waals surface area contributed by atoms with E-state index in [4.69, 9.17) is 5.11 Å². The number of aryl methyl sites for hydroxylation is 1. The zero-order chi connectivity index (χ0) is 12.3. The zero-order valence-corrected chi connectivity index (χ0v) is 10.3. The molecule has 0 aliphatic heterocycles. The molecule has 0 fully saturated rings. The fraction of sp³-hybridized carbons (Fsp3) is 0.357. The van der Waals surface area contributed by atoms with E-state index in [2.05, 4.69) is 22.4 Å². The van der Waals surface area contributed by atoms with Gasteiger partial charge in [0.15, 0.2) is 0 Å². The summed E-state index contributed by atoms with van der Waals surface area (Å²) in [6.07, 6.45) is 0. The van der Waals surface area contributed by atoms with Crippen LogP contribution in [0.1, 0.15) is 18.2 Å². The van der Waals surface area contributed by atoms with Gasteiger partial charge in [0, 0.05) is 23.7 Å². The number of nitrogens with zero attached hydrogens (tertiary/aromatic N) is 1. The second-order valence-electron chi connectivity index (χ2n) is 4.40. The third-order valence-corrected chi connectivity index (χ3v) is 2.84. The lowest BCUT2D eigenvalue weighted by atomic mass is 10.1. The molecule has 0 spiro atoms. The van der Waals surface area contributed by atoms with Gasteiger partial charge >= 0.3 is 0 Å². The average molecular weight is 230 g/mol. The highest BCUT2D eigenvalue weighted by Crippen LogP contribution is 2.17. The molecule has 0 amide bonds. The number of aromatic nitrogens is 1. The van der Waals surface area contributed by atoms with Crippen LogP contribution >= 0.6 is 0 Å². The molecule has 0 saturated carbocycles. The number of benzene rings is 1. The summed E-state index contributed by atoms with van der Waals surface area (Å²) in [7, 11) is 0. The number of hydrogen-bond donors (Lipinski definition) is 2. The van der Waals surface area contributed by atoms with Crippen LogP contribution in [0.2, 0.25) is 0 Å². The first kappa shape index (κ1) is 12.0. The van der Waals surface area contributed by atoms with Gasteiger partial charge in [-0.3, -0.25) is 4.98 Å². The lowest BCUT2D eigenvalue weighted by Crippen LogP contribution is -2.28. The van der Waals surface area contributed by atoms with Crippen molar-refractivity contribution in [1.29, 1.82) is 0 Å². The molecular formula is C14H18N2O. The van der Waals surface area contributed by atoms with Crippen molar-refractivity contribution in [3.05, 3.63) is 41.6 Å². The van der Waals surface area contributed by atoms with E-state index in [1.54, 1.807) is 0 Å². The molecule has 2 aromatic rings. The van der Waals surface area contributed by atoms with E-state index in [1.165, 1.54) is 10.9 Å². The molecule has 0 aliphatic rings. The van der Waals surface area contributed by atoms with Crippen molar-refractivity contribution in [2.75, 3.05) is 6.61 Å². The summed E-state index contributed by atoms with van der Waals surface area (Å²) >= 11 is 0. The Hall–Kier alpha value is -1.45. The largest absolute Gasteiger partial charge is 0.395 e. The topological polar surface area (TPSA) is 45.1 Å². The summed E-state index contributed by atoms with van der Waals surface area (Å²) in [5.74, 6) is 0. The Bertz CT molecular complexity index is 511. The van der Waals surface area contributed by atoms with Gasteiger partial charge in [-0.25, -0.2) is 0 Å². The van der Waals surface area contributed by atoms with Crippen molar-refractivity contribution >= 4 is 10.9 Å². The van der Waals surface area contributed by atoms with Gasteiger partial charge in [0.25, 0.3) is 0 Å². The first-order valence-electron chi connectivity index (χ1n) is 5.90. The predicted octanol–water partition coefficient (Wildman–Crippen LogP) is 2.01. The maximum Gasteiger partial charge on any atom is 0.0708 e. The predicted molar refractivity (Wildman–Crippen MR) is 69.9 cm³/mol. The highest BCUT2D eigenvalue weighted by Gasteiger charge is 2.05. The number of fused-ring (bicyclic) bond motifs is 1. The monoisotopic (exact) mass is 230 g/mol.